The Morgan fingerprint density at radius 2 is 0.879 bits per heavy atom. The van der Waals surface area contributed by atoms with E-state index in [2.05, 4.69) is 23.7 Å². The van der Waals surface area contributed by atoms with Gasteiger partial charge in [0.15, 0.2) is 0 Å². The number of hydrogen-bond acceptors (Lipinski definition) is 13. The summed E-state index contributed by atoms with van der Waals surface area (Å²) in [4.78, 5) is 94.2. The van der Waals surface area contributed by atoms with Gasteiger partial charge >= 0.3 is 59.0 Å². The van der Waals surface area contributed by atoms with Crippen LogP contribution in [-0.2, 0) is 62.0 Å². The van der Waals surface area contributed by atoms with Gasteiger partial charge in [0.2, 0.25) is 0 Å². The van der Waals surface area contributed by atoms with E-state index in [1.165, 1.54) is 0 Å². The lowest BCUT2D eigenvalue weighted by molar-refractivity contribution is -0.229. The molecule has 0 saturated heterocycles. The molecule has 0 saturated carbocycles. The lowest BCUT2D eigenvalue weighted by atomic mass is 9.98. The second-order valence-electron chi connectivity index (χ2n) is 5.62. The molecule has 0 radical (unpaired) electrons. The summed E-state index contributed by atoms with van der Waals surface area (Å²) in [6.45, 7) is -2.10. The zero-order chi connectivity index (χ0) is 26.0. The number of aliphatic carboxylic acids is 4. The third kappa shape index (κ3) is 6.35. The molecule has 17 heteroatoms. The van der Waals surface area contributed by atoms with Crippen molar-refractivity contribution >= 4 is 47.8 Å². The first-order chi connectivity index (χ1) is 15.2. The Morgan fingerprint density at radius 1 is 0.576 bits per heavy atom. The minimum absolute atomic E-state index is 0.514. The van der Waals surface area contributed by atoms with Crippen LogP contribution in [0.25, 0.3) is 0 Å². The maximum Gasteiger partial charge on any atom is 0.362 e. The molecule has 0 aromatic rings. The molecule has 0 aromatic heterocycles. The van der Waals surface area contributed by atoms with Crippen molar-refractivity contribution in [2.24, 2.45) is 0 Å². The minimum atomic E-state index is -4.17. The van der Waals surface area contributed by atoms with Crippen molar-refractivity contribution in [1.29, 1.82) is 0 Å². The summed E-state index contributed by atoms with van der Waals surface area (Å²) in [6, 6.07) is 0. The number of ether oxygens (including phenoxy) is 5. The van der Waals surface area contributed by atoms with Gasteiger partial charge in [-0.25, -0.2) is 28.8 Å². The monoisotopic (exact) mass is 482 g/mol. The highest BCUT2D eigenvalue weighted by Gasteiger charge is 2.70. The van der Waals surface area contributed by atoms with Crippen LogP contribution in [0.4, 0.5) is 0 Å². The molecule has 0 amide bonds. The lowest BCUT2D eigenvalue weighted by Crippen LogP contribution is -2.68. The maximum absolute atomic E-state index is 12.4. The quantitative estimate of drug-likeness (QED) is 0.109. The van der Waals surface area contributed by atoms with E-state index in [-0.39, 0.29) is 0 Å². The predicted molar refractivity (Wildman–Crippen MR) is 92.3 cm³/mol. The number of carbonyl (C=O) groups excluding carboxylic acids is 4. The van der Waals surface area contributed by atoms with Gasteiger partial charge in [-0.15, -0.1) is 0 Å². The fourth-order valence-corrected chi connectivity index (χ4v) is 1.95. The topological polar surface area (TPSA) is 264 Å². The van der Waals surface area contributed by atoms with E-state index in [1.54, 1.807) is 0 Å². The maximum atomic E-state index is 12.4. The normalized spacial score (nSPS) is 13.9. The van der Waals surface area contributed by atoms with Gasteiger partial charge in [-0.3, -0.25) is 9.59 Å². The van der Waals surface area contributed by atoms with Crippen molar-refractivity contribution in [3.63, 3.8) is 0 Å². The van der Waals surface area contributed by atoms with Crippen LogP contribution in [0, 0.1) is 0 Å². The summed E-state index contributed by atoms with van der Waals surface area (Å²) < 4.78 is 21.4. The van der Waals surface area contributed by atoms with Crippen molar-refractivity contribution in [3.05, 3.63) is 0 Å². The molecule has 4 N–H and O–H groups in total. The molecular formula is C16H18O17. The average molecular weight is 482 g/mol. The van der Waals surface area contributed by atoms with Gasteiger partial charge in [-0.05, 0) is 0 Å². The summed E-state index contributed by atoms with van der Waals surface area (Å²) in [5.41, 5.74) is -8.35. The molecule has 0 heterocycles. The smallest absolute Gasteiger partial charge is 0.362 e. The number of rotatable bonds is 14. The van der Waals surface area contributed by atoms with Crippen molar-refractivity contribution in [2.45, 2.75) is 24.0 Å². The first kappa shape index (κ1) is 28.7. The molecule has 0 aliphatic heterocycles. The highest BCUT2D eigenvalue weighted by molar-refractivity contribution is 6.26. The summed E-state index contributed by atoms with van der Waals surface area (Å²) in [5.74, 6) is -17.2. The zero-order valence-corrected chi connectivity index (χ0v) is 16.9. The standard InChI is InChI=1S/C16H18O17/c1-29-11(25)15(9(21)22,13(27)31-5-3-7(17)18)33-16(10(23)24,12(26)30-2)14(28)32-6-4-8(19)20/h3-6H2,1-2H3,(H,17,18)(H,19,20)(H,21,22)(H,23,24). The molecule has 184 valence electrons. The van der Waals surface area contributed by atoms with Gasteiger partial charge in [0.05, 0.1) is 27.1 Å². The fraction of sp³-hybridized carbons (Fsp3) is 0.500. The second-order valence-corrected chi connectivity index (χ2v) is 5.62. The Morgan fingerprint density at radius 3 is 1.09 bits per heavy atom. The SMILES string of the molecule is COC(=O)C(OC(C(=O)O)(C(=O)OC)C(=O)OCCC(=O)O)(C(=O)O)C(=O)OCCC(=O)O. The molecule has 0 aromatic carbocycles. The molecule has 0 bridgehead atoms. The minimum Gasteiger partial charge on any atom is -0.481 e. The van der Waals surface area contributed by atoms with E-state index in [0.717, 1.165) is 0 Å². The van der Waals surface area contributed by atoms with Crippen LogP contribution in [-0.4, -0.2) is 107 Å². The molecule has 17 nitrogen and oxygen atoms in total. The van der Waals surface area contributed by atoms with E-state index < -0.39 is 85.0 Å². The number of methoxy groups -OCH3 is 2. The van der Waals surface area contributed by atoms with E-state index in [1.807, 2.05) is 0 Å². The Balaban J connectivity index is 6.68. The summed E-state index contributed by atoms with van der Waals surface area (Å²) >= 11 is 0. The average Bonchev–Trinajstić information content (AvgIpc) is 2.72. The van der Waals surface area contributed by atoms with E-state index in [9.17, 15) is 48.6 Å². The first-order valence-electron chi connectivity index (χ1n) is 8.35. The van der Waals surface area contributed by atoms with Gasteiger partial charge in [-0.2, -0.15) is 0 Å². The van der Waals surface area contributed by atoms with Crippen LogP contribution in [0.15, 0.2) is 0 Å². The van der Waals surface area contributed by atoms with Crippen LogP contribution in [0.1, 0.15) is 12.8 Å². The van der Waals surface area contributed by atoms with E-state index in [4.69, 9.17) is 10.2 Å². The van der Waals surface area contributed by atoms with Gasteiger partial charge in [0, 0.05) is 0 Å². The number of esters is 4. The number of carboxylic acid groups (broad SMARTS) is 4. The molecule has 0 fully saturated rings. The van der Waals surface area contributed by atoms with Crippen molar-refractivity contribution in [3.8, 4) is 0 Å². The predicted octanol–water partition coefficient (Wildman–Crippen LogP) is -2.97. The summed E-state index contributed by atoms with van der Waals surface area (Å²) in [7, 11) is 1.03. The molecule has 2 atom stereocenters. The first-order valence-corrected chi connectivity index (χ1v) is 8.35. The number of hydrogen-bond donors (Lipinski definition) is 4. The summed E-state index contributed by atoms with van der Waals surface area (Å²) in [6.07, 6.45) is -1.80. The molecule has 2 unspecified atom stereocenters. The van der Waals surface area contributed by atoms with Gasteiger partial charge < -0.3 is 44.1 Å². The van der Waals surface area contributed by atoms with Crippen LogP contribution in [0.5, 0.6) is 0 Å². The highest BCUT2D eigenvalue weighted by Crippen LogP contribution is 2.28. The Kier molecular flexibility index (Phi) is 10.4. The van der Waals surface area contributed by atoms with Gasteiger partial charge in [0.25, 0.3) is 0 Å². The zero-order valence-electron chi connectivity index (χ0n) is 16.9. The molecule has 0 aliphatic carbocycles. The van der Waals surface area contributed by atoms with Crippen molar-refractivity contribution in [2.75, 3.05) is 27.4 Å². The van der Waals surface area contributed by atoms with Crippen LogP contribution < -0.4 is 0 Å². The van der Waals surface area contributed by atoms with Gasteiger partial charge in [0.1, 0.15) is 13.2 Å². The Hall–Kier alpha value is -4.28. The fourth-order valence-electron chi connectivity index (χ4n) is 1.95. The third-order valence-electron chi connectivity index (χ3n) is 3.53. The molecular weight excluding hydrogens is 464 g/mol. The van der Waals surface area contributed by atoms with Crippen molar-refractivity contribution in [1.82, 2.24) is 0 Å². The van der Waals surface area contributed by atoms with Gasteiger partial charge in [-0.1, -0.05) is 0 Å². The Bertz CT molecular complexity index is 776. The van der Waals surface area contributed by atoms with Crippen LogP contribution >= 0.6 is 0 Å². The van der Waals surface area contributed by atoms with E-state index >= 15 is 0 Å². The van der Waals surface area contributed by atoms with Crippen molar-refractivity contribution < 1.29 is 82.5 Å². The summed E-state index contributed by atoms with van der Waals surface area (Å²) in [5, 5.41) is 36.2. The Labute approximate surface area is 182 Å². The highest BCUT2D eigenvalue weighted by atomic mass is 16.7. The van der Waals surface area contributed by atoms with Crippen LogP contribution in [0.3, 0.4) is 0 Å². The number of carbonyl (C=O) groups is 8. The van der Waals surface area contributed by atoms with E-state index in [0.29, 0.717) is 14.2 Å². The van der Waals surface area contributed by atoms with Crippen LogP contribution in [0.2, 0.25) is 0 Å². The molecule has 0 spiro atoms. The molecule has 0 aliphatic rings. The second kappa shape index (κ2) is 11.9. The third-order valence-corrected chi connectivity index (χ3v) is 3.53. The molecule has 0 rings (SSSR count). The molecule has 33 heavy (non-hydrogen) atoms. The largest absolute Gasteiger partial charge is 0.481 e. The lowest BCUT2D eigenvalue weighted by Gasteiger charge is -2.32. The number of carboxylic acids is 4.